The third-order valence-corrected chi connectivity index (χ3v) is 5.02. The smallest absolute Gasteiger partial charge is 0.412 e. The molecule has 2 aromatic rings. The number of aromatic hydroxyl groups is 1. The van der Waals surface area contributed by atoms with Gasteiger partial charge in [-0.05, 0) is 64.7 Å². The van der Waals surface area contributed by atoms with Crippen LogP contribution in [0.3, 0.4) is 0 Å². The summed E-state index contributed by atoms with van der Waals surface area (Å²) >= 11 is 6.64. The number of nitriles is 1. The van der Waals surface area contributed by atoms with Crippen LogP contribution in [0.1, 0.15) is 30.6 Å². The Balaban J connectivity index is 2.24. The van der Waals surface area contributed by atoms with Gasteiger partial charge in [0, 0.05) is 22.3 Å². The van der Waals surface area contributed by atoms with Crippen LogP contribution in [0.4, 0.5) is 10.5 Å². The maximum Gasteiger partial charge on any atom is 0.412 e. The van der Waals surface area contributed by atoms with Crippen molar-refractivity contribution in [2.24, 2.45) is 5.92 Å². The topological polar surface area (TPSA) is 103 Å². The molecule has 2 rings (SSSR count). The number of aliphatic hydroxyl groups excluding tert-OH is 1. The molecule has 8 heteroatoms. The van der Waals surface area contributed by atoms with Gasteiger partial charge in [0.25, 0.3) is 0 Å². The summed E-state index contributed by atoms with van der Waals surface area (Å²) < 4.78 is 6.74. The third kappa shape index (κ3) is 5.70. The number of carbonyl (C=O) groups is 1. The summed E-state index contributed by atoms with van der Waals surface area (Å²) in [6.07, 6.45) is -1.09. The fraction of sp³-hybridized carbons (Fsp3) is 0.263. The molecule has 2 aromatic carbocycles. The first-order valence-electron chi connectivity index (χ1n) is 8.12. The molecule has 0 fully saturated rings. The molecule has 142 valence electrons. The Bertz CT molecular complexity index is 850. The lowest BCUT2D eigenvalue weighted by atomic mass is 9.94. The highest BCUT2D eigenvalue weighted by atomic mass is 79.9. The monoisotopic (exact) mass is 496 g/mol. The number of phenolic OH excluding ortho intramolecular Hbond substituents is 1. The molecule has 0 aliphatic heterocycles. The first-order chi connectivity index (χ1) is 12.8. The van der Waals surface area contributed by atoms with Crippen molar-refractivity contribution in [1.82, 2.24) is 0 Å². The zero-order chi connectivity index (χ0) is 20.0. The van der Waals surface area contributed by atoms with Gasteiger partial charge in [0.15, 0.2) is 0 Å². The van der Waals surface area contributed by atoms with Crippen molar-refractivity contribution < 1.29 is 19.7 Å². The molecule has 0 bridgehead atoms. The summed E-state index contributed by atoms with van der Waals surface area (Å²) in [5.41, 5.74) is 1.38. The molecular weight excluding hydrogens is 480 g/mol. The van der Waals surface area contributed by atoms with Gasteiger partial charge in [-0.2, -0.15) is 5.26 Å². The van der Waals surface area contributed by atoms with Crippen LogP contribution in [0, 0.1) is 17.2 Å². The number of benzene rings is 2. The summed E-state index contributed by atoms with van der Waals surface area (Å²) in [4.78, 5) is 12.4. The highest BCUT2D eigenvalue weighted by molar-refractivity contribution is 9.11. The van der Waals surface area contributed by atoms with Crippen LogP contribution in [0.2, 0.25) is 0 Å². The summed E-state index contributed by atoms with van der Waals surface area (Å²) in [6, 6.07) is 11.7. The fourth-order valence-electron chi connectivity index (χ4n) is 2.53. The number of hydrogen-bond acceptors (Lipinski definition) is 5. The van der Waals surface area contributed by atoms with Gasteiger partial charge in [-0.25, -0.2) is 4.79 Å². The van der Waals surface area contributed by atoms with Crippen LogP contribution >= 0.6 is 31.9 Å². The van der Waals surface area contributed by atoms with Gasteiger partial charge in [0.05, 0.1) is 16.1 Å². The second kappa shape index (κ2) is 9.74. The Hall–Kier alpha value is -2.08. The minimum Gasteiger partial charge on any atom is -0.506 e. The molecule has 3 N–H and O–H groups in total. The molecule has 0 aliphatic carbocycles. The highest BCUT2D eigenvalue weighted by Crippen LogP contribution is 2.40. The van der Waals surface area contributed by atoms with Crippen molar-refractivity contribution in [3.05, 3.63) is 56.5 Å². The summed E-state index contributed by atoms with van der Waals surface area (Å²) in [5.74, 6) is -0.270. The highest BCUT2D eigenvalue weighted by Gasteiger charge is 2.27. The van der Waals surface area contributed by atoms with Gasteiger partial charge in [-0.15, -0.1) is 0 Å². The quantitative estimate of drug-likeness (QED) is 0.515. The van der Waals surface area contributed by atoms with Crippen molar-refractivity contribution in [3.8, 4) is 11.8 Å². The molecule has 0 unspecified atom stereocenters. The van der Waals surface area contributed by atoms with E-state index in [1.807, 2.05) is 13.0 Å². The second-order valence-electron chi connectivity index (χ2n) is 5.96. The predicted molar refractivity (Wildman–Crippen MR) is 108 cm³/mol. The summed E-state index contributed by atoms with van der Waals surface area (Å²) in [5, 5.41) is 31.1. The van der Waals surface area contributed by atoms with Crippen LogP contribution in [0.15, 0.2) is 45.3 Å². The van der Waals surface area contributed by atoms with Crippen LogP contribution in [0.25, 0.3) is 0 Å². The van der Waals surface area contributed by atoms with Crippen molar-refractivity contribution in [2.75, 3.05) is 11.9 Å². The lowest BCUT2D eigenvalue weighted by Gasteiger charge is -2.25. The number of amides is 1. The van der Waals surface area contributed by atoms with Crippen molar-refractivity contribution in [1.29, 1.82) is 5.26 Å². The lowest BCUT2D eigenvalue weighted by Crippen LogP contribution is -2.22. The molecule has 1 amide bonds. The molecule has 0 aliphatic rings. The first kappa shape index (κ1) is 21.2. The Labute approximate surface area is 174 Å². The Kier molecular flexibility index (Phi) is 7.66. The van der Waals surface area contributed by atoms with Gasteiger partial charge >= 0.3 is 6.09 Å². The Morgan fingerprint density at radius 1 is 1.30 bits per heavy atom. The van der Waals surface area contributed by atoms with E-state index in [9.17, 15) is 15.0 Å². The molecule has 0 heterocycles. The molecule has 0 radical (unpaired) electrons. The summed E-state index contributed by atoms with van der Waals surface area (Å²) in [6.45, 7) is 1.75. The molecule has 27 heavy (non-hydrogen) atoms. The number of hydrogen-bond donors (Lipinski definition) is 3. The lowest BCUT2D eigenvalue weighted by molar-refractivity contribution is 0.0651. The van der Waals surface area contributed by atoms with Crippen molar-refractivity contribution >= 4 is 43.6 Å². The molecule has 6 nitrogen and oxygen atoms in total. The van der Waals surface area contributed by atoms with Crippen molar-refractivity contribution in [3.63, 3.8) is 0 Å². The van der Waals surface area contributed by atoms with E-state index in [0.717, 1.165) is 0 Å². The second-order valence-corrected chi connectivity index (χ2v) is 7.73. The van der Waals surface area contributed by atoms with Crippen LogP contribution < -0.4 is 5.32 Å². The minimum absolute atomic E-state index is 0.0286. The molecule has 2 atom stereocenters. The zero-order valence-electron chi connectivity index (χ0n) is 14.4. The van der Waals surface area contributed by atoms with E-state index in [4.69, 9.17) is 10.00 Å². The number of nitrogens with one attached hydrogen (secondary N) is 1. The van der Waals surface area contributed by atoms with Gasteiger partial charge in [-0.3, -0.25) is 5.32 Å². The van der Waals surface area contributed by atoms with Gasteiger partial charge in [0.1, 0.15) is 11.9 Å². The number of halogens is 2. The number of aliphatic hydroxyl groups is 1. The third-order valence-electron chi connectivity index (χ3n) is 3.96. The average Bonchev–Trinajstić information content (AvgIpc) is 2.63. The largest absolute Gasteiger partial charge is 0.506 e. The maximum atomic E-state index is 12.4. The van der Waals surface area contributed by atoms with E-state index in [1.165, 1.54) is 0 Å². The minimum atomic E-state index is -0.774. The number of nitrogens with zero attached hydrogens (tertiary/aromatic N) is 1. The number of rotatable bonds is 6. The van der Waals surface area contributed by atoms with E-state index >= 15 is 0 Å². The van der Waals surface area contributed by atoms with E-state index in [2.05, 4.69) is 37.2 Å². The average molecular weight is 498 g/mol. The van der Waals surface area contributed by atoms with Crippen LogP contribution in [-0.4, -0.2) is 22.9 Å². The number of ether oxygens (including phenoxy) is 1. The van der Waals surface area contributed by atoms with E-state index in [-0.39, 0.29) is 18.3 Å². The number of phenols is 1. The number of carbonyl (C=O) groups excluding carboxylic acids is 1. The first-order valence-corrected chi connectivity index (χ1v) is 9.71. The predicted octanol–water partition coefficient (Wildman–Crippen LogP) is 5.10. The Morgan fingerprint density at radius 3 is 2.56 bits per heavy atom. The van der Waals surface area contributed by atoms with Crippen LogP contribution in [0.5, 0.6) is 5.75 Å². The molecular formula is C19H18Br2N2O4. The fourth-order valence-corrected chi connectivity index (χ4v) is 3.79. The van der Waals surface area contributed by atoms with Crippen molar-refractivity contribution in [2.45, 2.75) is 19.4 Å². The summed E-state index contributed by atoms with van der Waals surface area (Å²) in [7, 11) is 0. The van der Waals surface area contributed by atoms with Gasteiger partial charge < -0.3 is 14.9 Å². The van der Waals surface area contributed by atoms with Gasteiger partial charge in [-0.1, -0.05) is 22.9 Å². The Morgan fingerprint density at radius 2 is 1.96 bits per heavy atom. The van der Waals surface area contributed by atoms with Gasteiger partial charge in [0.2, 0.25) is 0 Å². The normalized spacial score (nSPS) is 12.7. The van der Waals surface area contributed by atoms with Crippen LogP contribution in [-0.2, 0) is 4.74 Å². The van der Waals surface area contributed by atoms with E-state index < -0.39 is 12.2 Å². The maximum absolute atomic E-state index is 12.4. The molecule has 0 aromatic heterocycles. The van der Waals surface area contributed by atoms with E-state index in [1.54, 1.807) is 36.4 Å². The SMILES string of the molecule is C[C@@H](CCO)[C@H](OC(=O)Nc1ccc(C#N)cc1)c1cc(Br)cc(Br)c1O. The number of anilines is 1. The van der Waals surface area contributed by atoms with E-state index in [0.29, 0.717) is 32.2 Å². The molecule has 0 saturated heterocycles. The zero-order valence-corrected chi connectivity index (χ0v) is 17.6. The standard InChI is InChI=1S/C19H18Br2N2O4/c1-11(6-7-24)18(15-8-13(20)9-16(21)17(15)25)27-19(26)23-14-4-2-12(10-22)3-5-14/h2-5,8-9,11,18,24-25H,6-7H2,1H3,(H,23,26)/t11-,18-/m0/s1. The molecule has 0 spiro atoms. The molecule has 0 saturated carbocycles.